The van der Waals surface area contributed by atoms with Crippen molar-refractivity contribution in [2.75, 3.05) is 0 Å². The van der Waals surface area contributed by atoms with Crippen molar-refractivity contribution in [1.82, 2.24) is 0 Å². The summed E-state index contributed by atoms with van der Waals surface area (Å²) in [6.07, 6.45) is 0.378. The number of aliphatic hydroxyl groups is 1. The molecule has 2 heterocycles. The maximum atomic E-state index is 10.8. The molecule has 0 aromatic carbocycles. The van der Waals surface area contributed by atoms with E-state index in [1.165, 1.54) is 6.26 Å². The van der Waals surface area contributed by atoms with Crippen LogP contribution in [0.3, 0.4) is 0 Å². The first-order valence-corrected chi connectivity index (χ1v) is 3.69. The van der Waals surface area contributed by atoms with Crippen molar-refractivity contribution in [3.8, 4) is 0 Å². The number of hydrogen-bond acceptors (Lipinski definition) is 4. The summed E-state index contributed by atoms with van der Waals surface area (Å²) in [7, 11) is 0. The number of furan rings is 1. The summed E-state index contributed by atoms with van der Waals surface area (Å²) in [5.41, 5.74) is 0. The predicted molar refractivity (Wildman–Crippen MR) is 38.2 cm³/mol. The normalized spacial score (nSPS) is 28.9. The molecule has 1 aliphatic rings. The summed E-state index contributed by atoms with van der Waals surface area (Å²) >= 11 is 0. The van der Waals surface area contributed by atoms with Gasteiger partial charge in [0.1, 0.15) is 5.76 Å². The van der Waals surface area contributed by atoms with Crippen LogP contribution in [0.5, 0.6) is 0 Å². The van der Waals surface area contributed by atoms with E-state index in [1.54, 1.807) is 12.1 Å². The van der Waals surface area contributed by atoms with Gasteiger partial charge in [0.2, 0.25) is 0 Å². The molecule has 1 aromatic heterocycles. The van der Waals surface area contributed by atoms with Gasteiger partial charge in [0.15, 0.2) is 12.2 Å². The largest absolute Gasteiger partial charge is 0.465 e. The third-order valence-corrected chi connectivity index (χ3v) is 1.83. The van der Waals surface area contributed by atoms with E-state index in [1.807, 2.05) is 0 Å². The molecule has 2 atom stereocenters. The van der Waals surface area contributed by atoms with E-state index in [9.17, 15) is 4.79 Å². The summed E-state index contributed by atoms with van der Waals surface area (Å²) in [6.45, 7) is 0. The molecular weight excluding hydrogens is 160 g/mol. The maximum absolute atomic E-state index is 10.8. The molecule has 1 aromatic rings. The van der Waals surface area contributed by atoms with Gasteiger partial charge in [-0.25, -0.2) is 4.79 Å². The van der Waals surface area contributed by atoms with Crippen molar-refractivity contribution < 1.29 is 19.1 Å². The molecule has 4 nitrogen and oxygen atoms in total. The van der Waals surface area contributed by atoms with Gasteiger partial charge >= 0.3 is 5.97 Å². The average molecular weight is 168 g/mol. The summed E-state index contributed by atoms with van der Waals surface area (Å²) < 4.78 is 9.86. The number of cyclic esters (lactones) is 1. The molecule has 2 rings (SSSR count). The molecule has 1 saturated heterocycles. The van der Waals surface area contributed by atoms with Crippen molar-refractivity contribution in [2.45, 2.75) is 18.6 Å². The van der Waals surface area contributed by atoms with Crippen LogP contribution in [0.25, 0.3) is 0 Å². The lowest BCUT2D eigenvalue weighted by molar-refractivity contribution is -0.147. The highest BCUT2D eigenvalue weighted by atomic mass is 16.6. The van der Waals surface area contributed by atoms with Crippen LogP contribution in [-0.2, 0) is 9.53 Å². The standard InChI is InChI=1S/C8H8O4/c9-5-4-7(12-8(5)10)6-2-1-3-11-6/h1-3,5,7,9H,4H2/t5-,7+/m0/s1. The fourth-order valence-electron chi connectivity index (χ4n) is 1.21. The van der Waals surface area contributed by atoms with Crippen molar-refractivity contribution >= 4 is 5.97 Å². The lowest BCUT2D eigenvalue weighted by atomic mass is 10.2. The third-order valence-electron chi connectivity index (χ3n) is 1.83. The van der Waals surface area contributed by atoms with Crippen LogP contribution in [0.2, 0.25) is 0 Å². The number of esters is 1. The second kappa shape index (κ2) is 2.64. The Balaban J connectivity index is 2.14. The molecule has 64 valence electrons. The van der Waals surface area contributed by atoms with E-state index >= 15 is 0 Å². The minimum Gasteiger partial charge on any atom is -0.465 e. The van der Waals surface area contributed by atoms with Crippen LogP contribution >= 0.6 is 0 Å². The Labute approximate surface area is 68.7 Å². The van der Waals surface area contributed by atoms with Gasteiger partial charge in [0.25, 0.3) is 0 Å². The molecule has 0 spiro atoms. The molecular formula is C8H8O4. The minimum absolute atomic E-state index is 0.284. The smallest absolute Gasteiger partial charge is 0.335 e. The minimum atomic E-state index is -1.000. The molecule has 12 heavy (non-hydrogen) atoms. The van der Waals surface area contributed by atoms with Gasteiger partial charge in [-0.05, 0) is 12.1 Å². The molecule has 4 heteroatoms. The Morgan fingerprint density at radius 1 is 1.58 bits per heavy atom. The maximum Gasteiger partial charge on any atom is 0.335 e. The van der Waals surface area contributed by atoms with E-state index in [0.29, 0.717) is 5.76 Å². The van der Waals surface area contributed by atoms with Gasteiger partial charge in [-0.2, -0.15) is 0 Å². The zero-order valence-electron chi connectivity index (χ0n) is 6.27. The number of aliphatic hydroxyl groups excluding tert-OH is 1. The third kappa shape index (κ3) is 1.10. The first-order chi connectivity index (χ1) is 5.77. The lowest BCUT2D eigenvalue weighted by Gasteiger charge is -2.02. The summed E-state index contributed by atoms with van der Waals surface area (Å²) in [5.74, 6) is 0.0105. The SMILES string of the molecule is O=C1O[C@@H](c2ccco2)C[C@@H]1O. The highest BCUT2D eigenvalue weighted by molar-refractivity contribution is 5.76. The lowest BCUT2D eigenvalue weighted by Crippen LogP contribution is -2.11. The van der Waals surface area contributed by atoms with Gasteiger partial charge in [-0.1, -0.05) is 0 Å². The van der Waals surface area contributed by atoms with E-state index in [-0.39, 0.29) is 6.42 Å². The molecule has 1 aliphatic heterocycles. The molecule has 1 fully saturated rings. The van der Waals surface area contributed by atoms with Crippen LogP contribution in [0.4, 0.5) is 0 Å². The zero-order valence-corrected chi connectivity index (χ0v) is 6.27. The van der Waals surface area contributed by atoms with Crippen LogP contribution < -0.4 is 0 Å². The highest BCUT2D eigenvalue weighted by Gasteiger charge is 2.35. The predicted octanol–water partition coefficient (Wildman–Crippen LogP) is 0.628. The van der Waals surface area contributed by atoms with E-state index in [2.05, 4.69) is 0 Å². The van der Waals surface area contributed by atoms with Gasteiger partial charge < -0.3 is 14.3 Å². The number of carbonyl (C=O) groups excluding carboxylic acids is 1. The van der Waals surface area contributed by atoms with Crippen molar-refractivity contribution in [2.24, 2.45) is 0 Å². The van der Waals surface area contributed by atoms with Crippen molar-refractivity contribution in [3.05, 3.63) is 24.2 Å². The molecule has 1 N–H and O–H groups in total. The Morgan fingerprint density at radius 2 is 2.42 bits per heavy atom. The first kappa shape index (κ1) is 7.36. The molecule has 0 bridgehead atoms. The van der Waals surface area contributed by atoms with Gasteiger partial charge in [-0.15, -0.1) is 0 Å². The topological polar surface area (TPSA) is 59.7 Å². The van der Waals surface area contributed by atoms with E-state index < -0.39 is 18.2 Å². The van der Waals surface area contributed by atoms with Crippen molar-refractivity contribution in [3.63, 3.8) is 0 Å². The second-order valence-corrected chi connectivity index (χ2v) is 2.69. The van der Waals surface area contributed by atoms with Crippen LogP contribution in [0.15, 0.2) is 22.8 Å². The Hall–Kier alpha value is -1.29. The zero-order chi connectivity index (χ0) is 8.55. The fraction of sp³-hybridized carbons (Fsp3) is 0.375. The number of carbonyl (C=O) groups is 1. The molecule has 0 radical (unpaired) electrons. The molecule has 0 aliphatic carbocycles. The van der Waals surface area contributed by atoms with Gasteiger partial charge in [0.05, 0.1) is 6.26 Å². The Kier molecular flexibility index (Phi) is 1.62. The van der Waals surface area contributed by atoms with E-state index in [4.69, 9.17) is 14.3 Å². The fourth-order valence-corrected chi connectivity index (χ4v) is 1.21. The van der Waals surface area contributed by atoms with E-state index in [0.717, 1.165) is 0 Å². The number of rotatable bonds is 1. The average Bonchev–Trinajstić information content (AvgIpc) is 2.61. The summed E-state index contributed by atoms with van der Waals surface area (Å²) in [4.78, 5) is 10.8. The monoisotopic (exact) mass is 168 g/mol. The highest BCUT2D eigenvalue weighted by Crippen LogP contribution is 2.29. The Bertz CT molecular complexity index is 277. The van der Waals surface area contributed by atoms with Crippen molar-refractivity contribution in [1.29, 1.82) is 0 Å². The quantitative estimate of drug-likeness (QED) is 0.625. The summed E-state index contributed by atoms with van der Waals surface area (Å²) in [6, 6.07) is 3.43. The van der Waals surface area contributed by atoms with Gasteiger partial charge in [-0.3, -0.25) is 0 Å². The second-order valence-electron chi connectivity index (χ2n) is 2.69. The van der Waals surface area contributed by atoms with Crippen LogP contribution in [0, 0.1) is 0 Å². The molecule has 0 saturated carbocycles. The molecule has 0 amide bonds. The summed E-state index contributed by atoms with van der Waals surface area (Å²) in [5, 5.41) is 9.05. The molecule has 0 unspecified atom stereocenters. The van der Waals surface area contributed by atoms with Crippen LogP contribution in [0.1, 0.15) is 18.3 Å². The number of ether oxygens (including phenoxy) is 1. The van der Waals surface area contributed by atoms with Gasteiger partial charge in [0, 0.05) is 6.42 Å². The number of hydrogen-bond donors (Lipinski definition) is 1. The first-order valence-electron chi connectivity index (χ1n) is 3.69. The Morgan fingerprint density at radius 3 is 2.92 bits per heavy atom. The van der Waals surface area contributed by atoms with Crippen LogP contribution in [-0.4, -0.2) is 17.2 Å².